The third-order valence-corrected chi connectivity index (χ3v) is 3.60. The fourth-order valence-electron chi connectivity index (χ4n) is 1.33. The monoisotopic (exact) mass is 232 g/mol. The number of nitrogens with zero attached hydrogens (tertiary/aromatic N) is 1. The number of anilines is 1. The maximum absolute atomic E-state index is 12.1. The molecule has 0 saturated heterocycles. The molecule has 0 aliphatic heterocycles. The normalized spacial score (nSPS) is 12.3. The minimum Gasteiger partial charge on any atom is -0.396 e. The summed E-state index contributed by atoms with van der Waals surface area (Å²) < 4.78 is 12.1. The van der Waals surface area contributed by atoms with Gasteiger partial charge in [0.1, 0.15) is 10.8 Å². The Balaban J connectivity index is 2.40. The van der Waals surface area contributed by atoms with E-state index in [2.05, 4.69) is 4.98 Å². The molecule has 0 aliphatic carbocycles. The Morgan fingerprint density at radius 1 is 1.19 bits per heavy atom. The van der Waals surface area contributed by atoms with Gasteiger partial charge in [0.25, 0.3) is 0 Å². The molecule has 0 aliphatic rings. The lowest BCUT2D eigenvalue weighted by atomic mass is 10.2. The SMILES string of the molecule is Cc1ccc(S(=O)c2ncccc2N)cc1. The number of rotatable bonds is 2. The van der Waals surface area contributed by atoms with Crippen LogP contribution in [0, 0.1) is 6.92 Å². The molecule has 82 valence electrons. The molecule has 1 aromatic carbocycles. The zero-order chi connectivity index (χ0) is 11.5. The fourth-order valence-corrected chi connectivity index (χ4v) is 2.38. The molecular formula is C12H12N2OS. The highest BCUT2D eigenvalue weighted by atomic mass is 32.2. The number of aromatic nitrogens is 1. The summed E-state index contributed by atoms with van der Waals surface area (Å²) in [5, 5.41) is 0.423. The van der Waals surface area contributed by atoms with E-state index in [1.165, 1.54) is 0 Å². The lowest BCUT2D eigenvalue weighted by Gasteiger charge is -2.04. The highest BCUT2D eigenvalue weighted by molar-refractivity contribution is 7.85. The molecule has 1 unspecified atom stereocenters. The van der Waals surface area contributed by atoms with Crippen molar-refractivity contribution >= 4 is 16.5 Å². The summed E-state index contributed by atoms with van der Waals surface area (Å²) in [4.78, 5) is 4.77. The number of benzene rings is 1. The smallest absolute Gasteiger partial charge is 0.155 e. The van der Waals surface area contributed by atoms with Gasteiger partial charge in [-0.05, 0) is 31.2 Å². The quantitative estimate of drug-likeness (QED) is 0.863. The van der Waals surface area contributed by atoms with Crippen LogP contribution in [0.25, 0.3) is 0 Å². The first-order valence-corrected chi connectivity index (χ1v) is 6.02. The van der Waals surface area contributed by atoms with Gasteiger partial charge < -0.3 is 5.73 Å². The number of hydrogen-bond donors (Lipinski definition) is 1. The van der Waals surface area contributed by atoms with Crippen molar-refractivity contribution in [3.8, 4) is 0 Å². The molecule has 0 saturated carbocycles. The summed E-state index contributed by atoms with van der Waals surface area (Å²) >= 11 is 0. The van der Waals surface area contributed by atoms with E-state index in [1.54, 1.807) is 18.3 Å². The molecule has 0 amide bonds. The largest absolute Gasteiger partial charge is 0.396 e. The lowest BCUT2D eigenvalue weighted by molar-refractivity contribution is 0.680. The molecule has 16 heavy (non-hydrogen) atoms. The van der Waals surface area contributed by atoms with Crippen LogP contribution in [0.3, 0.4) is 0 Å². The zero-order valence-electron chi connectivity index (χ0n) is 8.88. The van der Waals surface area contributed by atoms with Crippen LogP contribution in [0.15, 0.2) is 52.5 Å². The third kappa shape index (κ3) is 2.12. The van der Waals surface area contributed by atoms with Crippen molar-refractivity contribution in [3.05, 3.63) is 48.2 Å². The molecule has 3 nitrogen and oxygen atoms in total. The van der Waals surface area contributed by atoms with Gasteiger partial charge in [-0.15, -0.1) is 0 Å². The van der Waals surface area contributed by atoms with Crippen molar-refractivity contribution in [1.29, 1.82) is 0 Å². The molecule has 4 heteroatoms. The standard InChI is InChI=1S/C12H12N2OS/c1-9-4-6-10(7-5-9)16(15)12-11(13)3-2-8-14-12/h2-8H,13H2,1H3. The Morgan fingerprint density at radius 2 is 1.88 bits per heavy atom. The predicted octanol–water partition coefficient (Wildman–Crippen LogP) is 2.14. The van der Waals surface area contributed by atoms with Crippen LogP contribution in [-0.4, -0.2) is 9.19 Å². The van der Waals surface area contributed by atoms with Gasteiger partial charge in [-0.25, -0.2) is 9.19 Å². The van der Waals surface area contributed by atoms with E-state index in [9.17, 15) is 4.21 Å². The maximum Gasteiger partial charge on any atom is 0.155 e. The second-order valence-electron chi connectivity index (χ2n) is 3.48. The van der Waals surface area contributed by atoms with Gasteiger partial charge in [0.2, 0.25) is 0 Å². The average Bonchev–Trinajstić information content (AvgIpc) is 2.30. The lowest BCUT2D eigenvalue weighted by Crippen LogP contribution is -2.01. The van der Waals surface area contributed by atoms with Gasteiger partial charge in [-0.3, -0.25) is 0 Å². The minimum absolute atomic E-state index is 0.423. The van der Waals surface area contributed by atoms with Crippen molar-refractivity contribution in [1.82, 2.24) is 4.98 Å². The van der Waals surface area contributed by atoms with Crippen molar-refractivity contribution < 1.29 is 4.21 Å². The minimum atomic E-state index is -1.30. The van der Waals surface area contributed by atoms with E-state index in [4.69, 9.17) is 5.73 Å². The van der Waals surface area contributed by atoms with Gasteiger partial charge in [-0.1, -0.05) is 17.7 Å². The summed E-state index contributed by atoms with van der Waals surface area (Å²) in [6.07, 6.45) is 1.60. The van der Waals surface area contributed by atoms with Gasteiger partial charge in [0.05, 0.1) is 5.69 Å². The topological polar surface area (TPSA) is 56.0 Å². The molecule has 2 rings (SSSR count). The molecule has 0 radical (unpaired) electrons. The van der Waals surface area contributed by atoms with E-state index < -0.39 is 10.8 Å². The average molecular weight is 232 g/mol. The maximum atomic E-state index is 12.1. The molecular weight excluding hydrogens is 220 g/mol. The van der Waals surface area contributed by atoms with Gasteiger partial charge in [-0.2, -0.15) is 0 Å². The third-order valence-electron chi connectivity index (χ3n) is 2.21. The van der Waals surface area contributed by atoms with Crippen molar-refractivity contribution in [2.24, 2.45) is 0 Å². The van der Waals surface area contributed by atoms with Crippen molar-refractivity contribution in [2.45, 2.75) is 16.8 Å². The molecule has 0 bridgehead atoms. The first-order valence-electron chi connectivity index (χ1n) is 4.87. The van der Waals surface area contributed by atoms with Crippen LogP contribution in [0.2, 0.25) is 0 Å². The first kappa shape index (κ1) is 10.8. The second-order valence-corrected chi connectivity index (χ2v) is 4.88. The number of nitrogen functional groups attached to an aromatic ring is 1. The highest BCUT2D eigenvalue weighted by Gasteiger charge is 2.10. The van der Waals surface area contributed by atoms with E-state index >= 15 is 0 Å². The molecule has 1 atom stereocenters. The molecule has 1 heterocycles. The zero-order valence-corrected chi connectivity index (χ0v) is 9.70. The molecule has 1 aromatic heterocycles. The van der Waals surface area contributed by atoms with Gasteiger partial charge in [0, 0.05) is 11.1 Å². The summed E-state index contributed by atoms with van der Waals surface area (Å²) in [7, 11) is -1.30. The molecule has 2 N–H and O–H groups in total. The number of aryl methyl sites for hydroxylation is 1. The van der Waals surface area contributed by atoms with Crippen LogP contribution in [0.5, 0.6) is 0 Å². The van der Waals surface area contributed by atoms with Crippen LogP contribution in [0.4, 0.5) is 5.69 Å². The van der Waals surface area contributed by atoms with Gasteiger partial charge in [0.15, 0.2) is 5.03 Å². The van der Waals surface area contributed by atoms with Crippen molar-refractivity contribution in [2.75, 3.05) is 5.73 Å². The second kappa shape index (κ2) is 4.45. The number of hydrogen-bond acceptors (Lipinski definition) is 3. The van der Waals surface area contributed by atoms with Crippen LogP contribution < -0.4 is 5.73 Å². The van der Waals surface area contributed by atoms with E-state index in [-0.39, 0.29) is 0 Å². The summed E-state index contributed by atoms with van der Waals surface area (Å²) in [6, 6.07) is 10.9. The van der Waals surface area contributed by atoms with Crippen molar-refractivity contribution in [3.63, 3.8) is 0 Å². The summed E-state index contributed by atoms with van der Waals surface area (Å²) in [5.74, 6) is 0. The first-order chi connectivity index (χ1) is 7.68. The van der Waals surface area contributed by atoms with Gasteiger partial charge >= 0.3 is 0 Å². The Hall–Kier alpha value is -1.68. The van der Waals surface area contributed by atoms with E-state index in [0.717, 1.165) is 10.5 Å². The molecule has 2 aromatic rings. The highest BCUT2D eigenvalue weighted by Crippen LogP contribution is 2.19. The van der Waals surface area contributed by atoms with Crippen LogP contribution in [-0.2, 0) is 10.8 Å². The number of pyridine rings is 1. The fraction of sp³-hybridized carbons (Fsp3) is 0.0833. The van der Waals surface area contributed by atoms with E-state index in [0.29, 0.717) is 10.7 Å². The Morgan fingerprint density at radius 3 is 2.50 bits per heavy atom. The Labute approximate surface area is 96.8 Å². The van der Waals surface area contributed by atoms with E-state index in [1.807, 2.05) is 31.2 Å². The Kier molecular flexibility index (Phi) is 3.01. The summed E-state index contributed by atoms with van der Waals surface area (Å²) in [6.45, 7) is 1.99. The molecule has 0 fully saturated rings. The Bertz CT molecular complexity index is 523. The summed E-state index contributed by atoms with van der Waals surface area (Å²) in [5.41, 5.74) is 7.33. The van der Waals surface area contributed by atoms with Crippen LogP contribution >= 0.6 is 0 Å². The number of nitrogens with two attached hydrogens (primary N) is 1. The predicted molar refractivity (Wildman–Crippen MR) is 64.5 cm³/mol. The van der Waals surface area contributed by atoms with Crippen LogP contribution in [0.1, 0.15) is 5.56 Å². The molecule has 0 spiro atoms.